The molecule has 0 spiro atoms. The van der Waals surface area contributed by atoms with Crippen LogP contribution >= 0.6 is 15.9 Å². The molecule has 6 heteroatoms. The van der Waals surface area contributed by atoms with E-state index in [9.17, 15) is 8.42 Å². The van der Waals surface area contributed by atoms with Gasteiger partial charge in [-0.05, 0) is 44.0 Å². The van der Waals surface area contributed by atoms with Crippen molar-refractivity contribution in [2.45, 2.75) is 33.2 Å². The highest BCUT2D eigenvalue weighted by Crippen LogP contribution is 2.28. The van der Waals surface area contributed by atoms with Gasteiger partial charge in [0.25, 0.3) is 0 Å². The molecule has 0 amide bonds. The number of ether oxygens (including phenoxy) is 1. The van der Waals surface area contributed by atoms with Crippen LogP contribution in [0.25, 0.3) is 0 Å². The molecule has 0 radical (unpaired) electrons. The molecule has 0 aliphatic carbocycles. The van der Waals surface area contributed by atoms with Crippen molar-refractivity contribution in [3.05, 3.63) is 27.7 Å². The van der Waals surface area contributed by atoms with Crippen LogP contribution in [0.5, 0.6) is 5.75 Å². The first-order valence-corrected chi connectivity index (χ1v) is 9.99. The van der Waals surface area contributed by atoms with Gasteiger partial charge in [-0.1, -0.05) is 22.9 Å². The van der Waals surface area contributed by atoms with Gasteiger partial charge in [0, 0.05) is 22.8 Å². The zero-order chi connectivity index (χ0) is 15.9. The minimum absolute atomic E-state index is 0.159. The van der Waals surface area contributed by atoms with Gasteiger partial charge in [-0.25, -0.2) is 8.42 Å². The van der Waals surface area contributed by atoms with E-state index in [-0.39, 0.29) is 5.75 Å². The lowest BCUT2D eigenvalue weighted by atomic mass is 10.1. The predicted octanol–water partition coefficient (Wildman–Crippen LogP) is 3.07. The second-order valence-corrected chi connectivity index (χ2v) is 8.40. The first-order chi connectivity index (χ1) is 9.83. The molecule has 1 rings (SSSR count). The van der Waals surface area contributed by atoms with Crippen molar-refractivity contribution in [1.82, 2.24) is 5.32 Å². The molecular formula is C15H24BrNO3S. The number of rotatable bonds is 9. The summed E-state index contributed by atoms with van der Waals surface area (Å²) in [6, 6.07) is 4.05. The fourth-order valence-corrected chi connectivity index (χ4v) is 3.29. The summed E-state index contributed by atoms with van der Waals surface area (Å²) in [5.41, 5.74) is 2.15. The average Bonchev–Trinajstić information content (AvgIpc) is 2.35. The van der Waals surface area contributed by atoms with E-state index in [4.69, 9.17) is 4.74 Å². The molecule has 120 valence electrons. The molecule has 0 saturated carbocycles. The maximum Gasteiger partial charge on any atom is 0.147 e. The summed E-state index contributed by atoms with van der Waals surface area (Å²) in [5.74, 6) is 1.02. The van der Waals surface area contributed by atoms with Gasteiger partial charge in [0.2, 0.25) is 0 Å². The Morgan fingerprint density at radius 1 is 1.33 bits per heavy atom. The number of halogens is 1. The van der Waals surface area contributed by atoms with E-state index >= 15 is 0 Å². The van der Waals surface area contributed by atoms with Crippen LogP contribution in [0.4, 0.5) is 0 Å². The van der Waals surface area contributed by atoms with Gasteiger partial charge in [-0.3, -0.25) is 0 Å². The number of hydrogen-bond acceptors (Lipinski definition) is 4. The molecule has 4 nitrogen and oxygen atoms in total. The zero-order valence-corrected chi connectivity index (χ0v) is 15.3. The van der Waals surface area contributed by atoms with Crippen molar-refractivity contribution in [2.75, 3.05) is 25.2 Å². The van der Waals surface area contributed by atoms with E-state index in [1.165, 1.54) is 6.26 Å². The molecule has 21 heavy (non-hydrogen) atoms. The predicted molar refractivity (Wildman–Crippen MR) is 90.7 cm³/mol. The Balaban J connectivity index is 2.70. The van der Waals surface area contributed by atoms with Gasteiger partial charge >= 0.3 is 0 Å². The summed E-state index contributed by atoms with van der Waals surface area (Å²) in [7, 11) is -2.92. The zero-order valence-electron chi connectivity index (χ0n) is 12.9. The molecule has 0 aliphatic heterocycles. The molecule has 0 heterocycles. The Labute approximate surface area is 136 Å². The maximum absolute atomic E-state index is 11.1. The van der Waals surface area contributed by atoms with Gasteiger partial charge in [-0.2, -0.15) is 0 Å². The van der Waals surface area contributed by atoms with E-state index in [1.807, 2.05) is 19.1 Å². The molecule has 1 N–H and O–H groups in total. The summed E-state index contributed by atoms with van der Waals surface area (Å²) < 4.78 is 29.1. The Kier molecular flexibility index (Phi) is 7.70. The summed E-state index contributed by atoms with van der Waals surface area (Å²) in [5, 5.41) is 3.36. The lowest BCUT2D eigenvalue weighted by Gasteiger charge is -2.15. The SMILES string of the molecule is CCCNCc1cc(Br)cc(C)c1OCCCS(C)(=O)=O. The van der Waals surface area contributed by atoms with Crippen LogP contribution in [0.2, 0.25) is 0 Å². The monoisotopic (exact) mass is 377 g/mol. The van der Waals surface area contributed by atoms with Crippen molar-refractivity contribution in [2.24, 2.45) is 0 Å². The Bertz CT molecular complexity index is 558. The van der Waals surface area contributed by atoms with Crippen molar-refractivity contribution in [3.63, 3.8) is 0 Å². The fraction of sp³-hybridized carbons (Fsp3) is 0.600. The van der Waals surface area contributed by atoms with Gasteiger partial charge in [0.1, 0.15) is 15.6 Å². The molecule has 0 bridgehead atoms. The number of sulfone groups is 1. The van der Waals surface area contributed by atoms with Crippen LogP contribution in [0.15, 0.2) is 16.6 Å². The molecule has 0 saturated heterocycles. The molecule has 1 aromatic carbocycles. The molecule has 0 aliphatic rings. The Morgan fingerprint density at radius 3 is 2.67 bits per heavy atom. The highest BCUT2D eigenvalue weighted by atomic mass is 79.9. The van der Waals surface area contributed by atoms with Crippen LogP contribution in [-0.4, -0.2) is 33.6 Å². The van der Waals surface area contributed by atoms with Crippen molar-refractivity contribution < 1.29 is 13.2 Å². The minimum Gasteiger partial charge on any atom is -0.493 e. The highest BCUT2D eigenvalue weighted by Gasteiger charge is 2.10. The van der Waals surface area contributed by atoms with Crippen LogP contribution < -0.4 is 10.1 Å². The van der Waals surface area contributed by atoms with Crippen LogP contribution in [-0.2, 0) is 16.4 Å². The minimum atomic E-state index is -2.92. The summed E-state index contributed by atoms with van der Waals surface area (Å²) in [6.45, 7) is 6.24. The van der Waals surface area contributed by atoms with E-state index in [1.54, 1.807) is 0 Å². The van der Waals surface area contributed by atoms with E-state index in [2.05, 4.69) is 28.2 Å². The highest BCUT2D eigenvalue weighted by molar-refractivity contribution is 9.10. The first kappa shape index (κ1) is 18.5. The lowest BCUT2D eigenvalue weighted by molar-refractivity contribution is 0.311. The van der Waals surface area contributed by atoms with Gasteiger partial charge in [-0.15, -0.1) is 0 Å². The average molecular weight is 378 g/mol. The number of aryl methyl sites for hydroxylation is 1. The third-order valence-electron chi connectivity index (χ3n) is 2.96. The molecule has 0 unspecified atom stereocenters. The normalized spacial score (nSPS) is 11.6. The van der Waals surface area contributed by atoms with Crippen molar-refractivity contribution in [1.29, 1.82) is 0 Å². The van der Waals surface area contributed by atoms with Crippen LogP contribution in [0, 0.1) is 6.92 Å². The lowest BCUT2D eigenvalue weighted by Crippen LogP contribution is -2.16. The summed E-state index contributed by atoms with van der Waals surface area (Å²) in [6.07, 6.45) is 2.84. The second-order valence-electron chi connectivity index (χ2n) is 5.22. The van der Waals surface area contributed by atoms with Gasteiger partial charge < -0.3 is 10.1 Å². The van der Waals surface area contributed by atoms with E-state index in [0.717, 1.165) is 40.9 Å². The third kappa shape index (κ3) is 7.29. The standard InChI is InChI=1S/C15H24BrNO3S/c1-4-6-17-11-13-10-14(16)9-12(2)15(13)20-7-5-8-21(3,18)19/h9-10,17H,4-8,11H2,1-3H3. The molecule has 1 aromatic rings. The fourth-order valence-electron chi connectivity index (χ4n) is 2.03. The van der Waals surface area contributed by atoms with Crippen LogP contribution in [0.3, 0.4) is 0 Å². The quantitative estimate of drug-likeness (QED) is 0.671. The molecule has 0 atom stereocenters. The number of hydrogen-bond donors (Lipinski definition) is 1. The molecular weight excluding hydrogens is 354 g/mol. The molecule has 0 fully saturated rings. The van der Waals surface area contributed by atoms with E-state index in [0.29, 0.717) is 13.0 Å². The Hall–Kier alpha value is -0.590. The first-order valence-electron chi connectivity index (χ1n) is 7.13. The van der Waals surface area contributed by atoms with Crippen molar-refractivity contribution in [3.8, 4) is 5.75 Å². The second kappa shape index (κ2) is 8.76. The van der Waals surface area contributed by atoms with Crippen molar-refractivity contribution >= 4 is 25.8 Å². The third-order valence-corrected chi connectivity index (χ3v) is 4.45. The largest absolute Gasteiger partial charge is 0.493 e. The number of nitrogens with one attached hydrogen (secondary N) is 1. The molecule has 0 aromatic heterocycles. The van der Waals surface area contributed by atoms with Gasteiger partial charge in [0.15, 0.2) is 0 Å². The van der Waals surface area contributed by atoms with Crippen LogP contribution in [0.1, 0.15) is 30.9 Å². The smallest absolute Gasteiger partial charge is 0.147 e. The van der Waals surface area contributed by atoms with Gasteiger partial charge in [0.05, 0.1) is 12.4 Å². The van der Waals surface area contributed by atoms with E-state index < -0.39 is 9.84 Å². The topological polar surface area (TPSA) is 55.4 Å². The summed E-state index contributed by atoms with van der Waals surface area (Å²) >= 11 is 3.50. The summed E-state index contributed by atoms with van der Waals surface area (Å²) in [4.78, 5) is 0. The Morgan fingerprint density at radius 2 is 2.05 bits per heavy atom. The maximum atomic E-state index is 11.1. The number of benzene rings is 1.